The lowest BCUT2D eigenvalue weighted by atomic mass is 9.98. The molecule has 0 saturated carbocycles. The molecule has 0 bridgehead atoms. The molecule has 0 fully saturated rings. The molecule has 0 unspecified atom stereocenters. The second kappa shape index (κ2) is 7.38. The van der Waals surface area contributed by atoms with Crippen LogP contribution in [0.25, 0.3) is 11.1 Å². The summed E-state index contributed by atoms with van der Waals surface area (Å²) in [6, 6.07) is 9.63. The highest BCUT2D eigenvalue weighted by Crippen LogP contribution is 2.35. The van der Waals surface area contributed by atoms with Crippen molar-refractivity contribution in [1.29, 1.82) is 0 Å². The highest BCUT2D eigenvalue weighted by atomic mass is 19.4. The van der Waals surface area contributed by atoms with Crippen molar-refractivity contribution in [2.75, 3.05) is 0 Å². The van der Waals surface area contributed by atoms with Gasteiger partial charge in [-0.05, 0) is 48.2 Å². The first-order valence-corrected chi connectivity index (χ1v) is 7.52. The van der Waals surface area contributed by atoms with Crippen LogP contribution in [0, 0.1) is 0 Å². The van der Waals surface area contributed by atoms with Gasteiger partial charge < -0.3 is 9.84 Å². The largest absolute Gasteiger partial charge is 0.511 e. The van der Waals surface area contributed by atoms with E-state index in [1.807, 2.05) is 0 Å². The van der Waals surface area contributed by atoms with Gasteiger partial charge in [-0.2, -0.15) is 13.2 Å². The molecular weight excluding hydrogens is 321 g/mol. The van der Waals surface area contributed by atoms with Crippen LogP contribution in [0.1, 0.15) is 30.9 Å². The van der Waals surface area contributed by atoms with Gasteiger partial charge in [0.2, 0.25) is 0 Å². The number of hydrogen-bond donors (Lipinski definition) is 1. The van der Waals surface area contributed by atoms with Crippen LogP contribution in [0.15, 0.2) is 42.5 Å². The average molecular weight is 338 g/mol. The minimum Gasteiger partial charge on any atom is -0.449 e. The number of alkyl halides is 3. The van der Waals surface area contributed by atoms with E-state index < -0.39 is 17.9 Å². The first-order chi connectivity index (χ1) is 11.3. The van der Waals surface area contributed by atoms with Crippen LogP contribution in [0.3, 0.4) is 0 Å². The number of aryl methyl sites for hydroxylation is 1. The Morgan fingerprint density at radius 2 is 1.79 bits per heavy atom. The van der Waals surface area contributed by atoms with E-state index >= 15 is 0 Å². The van der Waals surface area contributed by atoms with Crippen LogP contribution < -0.4 is 4.74 Å². The van der Waals surface area contributed by atoms with Crippen LogP contribution in [0.4, 0.5) is 18.0 Å². The molecule has 6 heteroatoms. The molecule has 0 aliphatic heterocycles. The van der Waals surface area contributed by atoms with E-state index in [0.29, 0.717) is 11.1 Å². The van der Waals surface area contributed by atoms with Crippen molar-refractivity contribution in [3.63, 3.8) is 0 Å². The molecule has 0 saturated heterocycles. The summed E-state index contributed by atoms with van der Waals surface area (Å²) in [7, 11) is 0. The molecule has 2 aromatic rings. The number of benzene rings is 2. The number of hydrogen-bond acceptors (Lipinski definition) is 2. The predicted molar refractivity (Wildman–Crippen MR) is 84.1 cm³/mol. The number of rotatable bonds is 5. The predicted octanol–water partition coefficient (Wildman–Crippen LogP) is 5.77. The van der Waals surface area contributed by atoms with Gasteiger partial charge >= 0.3 is 12.3 Å². The van der Waals surface area contributed by atoms with Gasteiger partial charge in [-0.15, -0.1) is 0 Å². The zero-order valence-corrected chi connectivity index (χ0v) is 13.1. The van der Waals surface area contributed by atoms with Gasteiger partial charge in [0.25, 0.3) is 0 Å². The van der Waals surface area contributed by atoms with E-state index in [4.69, 9.17) is 9.84 Å². The van der Waals surface area contributed by atoms with E-state index in [2.05, 4.69) is 6.92 Å². The first-order valence-electron chi connectivity index (χ1n) is 7.52. The Morgan fingerprint density at radius 1 is 1.12 bits per heavy atom. The van der Waals surface area contributed by atoms with Crippen LogP contribution in [0.2, 0.25) is 0 Å². The summed E-state index contributed by atoms with van der Waals surface area (Å²) in [4.78, 5) is 10.8. The van der Waals surface area contributed by atoms with Crippen molar-refractivity contribution in [2.24, 2.45) is 0 Å². The van der Waals surface area contributed by atoms with Gasteiger partial charge in [-0.1, -0.05) is 31.5 Å². The number of halogens is 3. The SMILES string of the molecule is CCCCc1ccc(OC(=O)O)c(-c2ccc(C(F)(F)F)cc2)c1. The molecule has 0 spiro atoms. The van der Waals surface area contributed by atoms with Gasteiger partial charge in [-0.25, -0.2) is 4.79 Å². The van der Waals surface area contributed by atoms with Crippen LogP contribution >= 0.6 is 0 Å². The molecule has 0 aliphatic carbocycles. The summed E-state index contributed by atoms with van der Waals surface area (Å²) in [5.74, 6) is 0.0995. The maximum absolute atomic E-state index is 12.7. The summed E-state index contributed by atoms with van der Waals surface area (Å²) >= 11 is 0. The van der Waals surface area contributed by atoms with Crippen molar-refractivity contribution in [1.82, 2.24) is 0 Å². The fourth-order valence-corrected chi connectivity index (χ4v) is 2.36. The molecule has 24 heavy (non-hydrogen) atoms. The standard InChI is InChI=1S/C18H17F3O3/c1-2-3-4-12-5-10-16(24-17(22)23)15(11-12)13-6-8-14(9-7-13)18(19,20)21/h5-11H,2-4H2,1H3,(H,22,23). The highest BCUT2D eigenvalue weighted by Gasteiger charge is 2.30. The Labute approximate surface area is 137 Å². The molecule has 0 aliphatic rings. The molecule has 0 radical (unpaired) electrons. The first kappa shape index (κ1) is 17.8. The fourth-order valence-electron chi connectivity index (χ4n) is 2.36. The smallest absolute Gasteiger partial charge is 0.449 e. The summed E-state index contributed by atoms with van der Waals surface area (Å²) < 4.78 is 42.8. The monoisotopic (exact) mass is 338 g/mol. The normalized spacial score (nSPS) is 11.3. The van der Waals surface area contributed by atoms with E-state index in [1.165, 1.54) is 18.2 Å². The summed E-state index contributed by atoms with van der Waals surface area (Å²) in [6.45, 7) is 2.05. The van der Waals surface area contributed by atoms with Crippen molar-refractivity contribution >= 4 is 6.16 Å². The Bertz CT molecular complexity index is 706. The zero-order chi connectivity index (χ0) is 17.7. The number of carboxylic acid groups (broad SMARTS) is 1. The summed E-state index contributed by atoms with van der Waals surface area (Å²) in [5.41, 5.74) is 1.15. The number of unbranched alkanes of at least 4 members (excludes halogenated alkanes) is 1. The fraction of sp³-hybridized carbons (Fsp3) is 0.278. The lowest BCUT2D eigenvalue weighted by molar-refractivity contribution is -0.137. The second-order valence-corrected chi connectivity index (χ2v) is 5.38. The molecule has 0 heterocycles. The second-order valence-electron chi connectivity index (χ2n) is 5.38. The van der Waals surface area contributed by atoms with E-state index in [9.17, 15) is 18.0 Å². The Kier molecular flexibility index (Phi) is 5.49. The molecule has 0 aromatic heterocycles. The lowest BCUT2D eigenvalue weighted by Gasteiger charge is -2.12. The van der Waals surface area contributed by atoms with Crippen molar-refractivity contribution in [3.8, 4) is 16.9 Å². The van der Waals surface area contributed by atoms with E-state index in [0.717, 1.165) is 37.0 Å². The molecule has 0 atom stereocenters. The Morgan fingerprint density at radius 3 is 2.33 bits per heavy atom. The lowest BCUT2D eigenvalue weighted by Crippen LogP contribution is -2.05. The third-order valence-corrected chi connectivity index (χ3v) is 3.58. The zero-order valence-electron chi connectivity index (χ0n) is 13.1. The van der Waals surface area contributed by atoms with Crippen molar-refractivity contribution < 1.29 is 27.8 Å². The maximum Gasteiger partial charge on any atom is 0.511 e. The van der Waals surface area contributed by atoms with Gasteiger partial charge in [0.1, 0.15) is 5.75 Å². The Hall–Kier alpha value is -2.50. The molecule has 128 valence electrons. The third kappa shape index (κ3) is 4.50. The van der Waals surface area contributed by atoms with Gasteiger partial charge in [0.15, 0.2) is 0 Å². The van der Waals surface area contributed by atoms with E-state index in [-0.39, 0.29) is 5.75 Å². The quantitative estimate of drug-likeness (QED) is 0.556. The number of carbonyl (C=O) groups is 1. The molecule has 0 amide bonds. The minimum atomic E-state index is -4.41. The number of ether oxygens (including phenoxy) is 1. The third-order valence-electron chi connectivity index (χ3n) is 3.58. The van der Waals surface area contributed by atoms with Crippen LogP contribution in [-0.2, 0) is 12.6 Å². The topological polar surface area (TPSA) is 46.5 Å². The highest BCUT2D eigenvalue weighted by molar-refractivity contribution is 5.75. The molecule has 1 N–H and O–H groups in total. The maximum atomic E-state index is 12.7. The Balaban J connectivity index is 2.42. The van der Waals surface area contributed by atoms with Crippen LogP contribution in [0.5, 0.6) is 5.75 Å². The molecular formula is C18H17F3O3. The molecule has 2 aromatic carbocycles. The van der Waals surface area contributed by atoms with Gasteiger partial charge in [0, 0.05) is 5.56 Å². The van der Waals surface area contributed by atoms with Gasteiger partial charge in [0.05, 0.1) is 5.56 Å². The van der Waals surface area contributed by atoms with Gasteiger partial charge in [-0.3, -0.25) is 0 Å². The van der Waals surface area contributed by atoms with E-state index in [1.54, 1.807) is 12.1 Å². The average Bonchev–Trinajstić information content (AvgIpc) is 2.52. The molecule has 3 nitrogen and oxygen atoms in total. The van der Waals surface area contributed by atoms with Crippen LogP contribution in [-0.4, -0.2) is 11.3 Å². The summed E-state index contributed by atoms with van der Waals surface area (Å²) in [5, 5.41) is 8.83. The summed E-state index contributed by atoms with van der Waals surface area (Å²) in [6.07, 6.45) is -3.11. The van der Waals surface area contributed by atoms with Crippen molar-refractivity contribution in [2.45, 2.75) is 32.4 Å². The molecule has 2 rings (SSSR count). The van der Waals surface area contributed by atoms with Crippen molar-refractivity contribution in [3.05, 3.63) is 53.6 Å². The minimum absolute atomic E-state index is 0.0995.